The number of hydrogen-bond acceptors (Lipinski definition) is 7. The first kappa shape index (κ1) is 57.2. The molecule has 0 fully saturated rings. The van der Waals surface area contributed by atoms with Crippen LogP contribution >= 0.6 is 7.82 Å². The quantitative estimate of drug-likeness (QED) is 0.0269. The van der Waals surface area contributed by atoms with E-state index in [1.807, 2.05) is 6.08 Å². The van der Waals surface area contributed by atoms with Crippen molar-refractivity contribution in [2.75, 3.05) is 33.0 Å². The normalized spacial score (nSPS) is 14.4. The van der Waals surface area contributed by atoms with Gasteiger partial charge in [0.2, 0.25) is 0 Å². The maximum absolute atomic E-state index is 12.5. The Bertz CT molecular complexity index is 1280. The Labute approximate surface area is 367 Å². The van der Waals surface area contributed by atoms with Gasteiger partial charge in [-0.3, -0.25) is 13.8 Å². The van der Waals surface area contributed by atoms with Crippen LogP contribution in [0.1, 0.15) is 168 Å². The fourth-order valence-corrected chi connectivity index (χ4v) is 6.65. The maximum atomic E-state index is 12.5. The van der Waals surface area contributed by atoms with Gasteiger partial charge in [0.25, 0.3) is 0 Å². The molecule has 0 aliphatic carbocycles. The molecule has 0 rings (SSSR count). The monoisotopic (exact) mass is 856 g/mol. The van der Waals surface area contributed by atoms with E-state index in [1.54, 1.807) is 6.08 Å². The van der Waals surface area contributed by atoms with Crippen LogP contribution in [-0.4, -0.2) is 49.9 Å². The van der Waals surface area contributed by atoms with E-state index in [0.29, 0.717) is 13.0 Å². The summed E-state index contributed by atoms with van der Waals surface area (Å²) in [6, 6.07) is 0. The van der Waals surface area contributed by atoms with Crippen LogP contribution in [0, 0.1) is 0 Å². The number of carbonyl (C=O) groups is 1. The van der Waals surface area contributed by atoms with Crippen LogP contribution in [0.5, 0.6) is 0 Å². The van der Waals surface area contributed by atoms with Crippen molar-refractivity contribution in [3.63, 3.8) is 0 Å². The highest BCUT2D eigenvalue weighted by molar-refractivity contribution is 7.47. The van der Waals surface area contributed by atoms with Gasteiger partial charge in [-0.15, -0.1) is 0 Å². The largest absolute Gasteiger partial charge is 0.472 e. The highest BCUT2D eigenvalue weighted by Crippen LogP contribution is 2.43. The van der Waals surface area contributed by atoms with Crippen LogP contribution in [0.15, 0.2) is 109 Å². The minimum Gasteiger partial charge on any atom is -0.457 e. The van der Waals surface area contributed by atoms with Crippen molar-refractivity contribution in [3.05, 3.63) is 109 Å². The highest BCUT2D eigenvalue weighted by Gasteiger charge is 2.25. The average Bonchev–Trinajstić information content (AvgIpc) is 3.24. The van der Waals surface area contributed by atoms with Gasteiger partial charge in [-0.1, -0.05) is 194 Å². The van der Waals surface area contributed by atoms with Crippen LogP contribution in [0.25, 0.3) is 0 Å². The molecule has 0 saturated heterocycles. The molecule has 0 aromatic heterocycles. The van der Waals surface area contributed by atoms with E-state index in [2.05, 4.69) is 111 Å². The van der Waals surface area contributed by atoms with Crippen LogP contribution in [0.2, 0.25) is 0 Å². The number of allylic oxidation sites excluding steroid dienone is 17. The number of esters is 1. The van der Waals surface area contributed by atoms with Gasteiger partial charge in [0.05, 0.1) is 26.2 Å². The van der Waals surface area contributed by atoms with Crippen molar-refractivity contribution in [1.82, 2.24) is 0 Å². The molecule has 0 aromatic carbocycles. The van der Waals surface area contributed by atoms with Gasteiger partial charge < -0.3 is 20.1 Å². The molecule has 2 atom stereocenters. The predicted molar refractivity (Wildman–Crippen MR) is 256 cm³/mol. The molecule has 0 aromatic rings. The summed E-state index contributed by atoms with van der Waals surface area (Å²) in [7, 11) is -4.31. The summed E-state index contributed by atoms with van der Waals surface area (Å²) in [6.07, 6.45) is 64.4. The molecule has 342 valence electrons. The summed E-state index contributed by atoms with van der Waals surface area (Å²) in [5.74, 6) is -0.460. The standard InChI is InChI=1S/C51H86NO7P/c1-3-5-7-9-11-13-15-17-19-20-21-22-23-24-25-26-27-28-29-31-33-35-37-39-41-43-46-56-48-50(49-58-60(54,55)57-47-45-52)59-51(53)44-42-40-38-36-34-32-30-18-16-14-12-10-8-6-4-2/h5-8,11-14,17-19,21-22,30,34,36,40,42,50H,3-4,9-10,15-16,20,23-29,31-33,35,37-39,41,43-49,52H2,1-2H3,(H,54,55)/b7-5-,8-6-,13-11-,14-12-,19-17-,22-21-,30-18-,36-34-,42-40-. The van der Waals surface area contributed by atoms with Crippen molar-refractivity contribution >= 4 is 13.8 Å². The Morgan fingerprint density at radius 3 is 1.32 bits per heavy atom. The van der Waals surface area contributed by atoms with E-state index in [-0.39, 0.29) is 32.8 Å². The van der Waals surface area contributed by atoms with Crippen molar-refractivity contribution in [2.24, 2.45) is 5.73 Å². The molecule has 60 heavy (non-hydrogen) atoms. The fraction of sp³-hybridized carbons (Fsp3) is 0.627. The Morgan fingerprint density at radius 1 is 0.500 bits per heavy atom. The van der Waals surface area contributed by atoms with Crippen LogP contribution in [0.4, 0.5) is 0 Å². The predicted octanol–water partition coefficient (Wildman–Crippen LogP) is 14.4. The number of unbranched alkanes of at least 4 members (excludes halogenated alkanes) is 13. The Balaban J connectivity index is 4.03. The average molecular weight is 856 g/mol. The molecule has 0 saturated carbocycles. The lowest BCUT2D eigenvalue weighted by molar-refractivity contribution is -0.153. The number of phosphoric ester groups is 1. The molecule has 0 aliphatic heterocycles. The fourth-order valence-electron chi connectivity index (χ4n) is 5.89. The lowest BCUT2D eigenvalue weighted by Crippen LogP contribution is -2.28. The zero-order valence-electron chi connectivity index (χ0n) is 37.9. The molecule has 3 N–H and O–H groups in total. The molecule has 0 spiro atoms. The molecule has 0 aliphatic rings. The molecule has 2 unspecified atom stereocenters. The highest BCUT2D eigenvalue weighted by atomic mass is 31.2. The van der Waals surface area contributed by atoms with Gasteiger partial charge in [0, 0.05) is 13.2 Å². The number of ether oxygens (including phenoxy) is 2. The summed E-state index contributed by atoms with van der Waals surface area (Å²) in [5, 5.41) is 0. The number of phosphoric acid groups is 1. The number of nitrogens with two attached hydrogens (primary N) is 1. The molecule has 0 amide bonds. The van der Waals surface area contributed by atoms with E-state index >= 15 is 0 Å². The van der Waals surface area contributed by atoms with E-state index < -0.39 is 19.9 Å². The van der Waals surface area contributed by atoms with E-state index in [4.69, 9.17) is 24.3 Å². The Kier molecular flexibility index (Phi) is 45.0. The van der Waals surface area contributed by atoms with Gasteiger partial charge in [-0.25, -0.2) is 4.57 Å². The second kappa shape index (κ2) is 47.2. The number of hydrogen-bond donors (Lipinski definition) is 2. The molecule has 0 bridgehead atoms. The summed E-state index contributed by atoms with van der Waals surface area (Å²) in [4.78, 5) is 22.4. The maximum Gasteiger partial charge on any atom is 0.472 e. The molecular weight excluding hydrogens is 770 g/mol. The molecule has 9 heteroatoms. The molecule has 0 radical (unpaired) electrons. The van der Waals surface area contributed by atoms with Crippen molar-refractivity contribution in [2.45, 2.75) is 174 Å². The summed E-state index contributed by atoms with van der Waals surface area (Å²) in [5.41, 5.74) is 5.37. The van der Waals surface area contributed by atoms with Crippen LogP contribution in [-0.2, 0) is 27.9 Å². The zero-order valence-corrected chi connectivity index (χ0v) is 38.8. The summed E-state index contributed by atoms with van der Waals surface area (Å²) >= 11 is 0. The molecule has 8 nitrogen and oxygen atoms in total. The first-order chi connectivity index (χ1) is 29.4. The second-order valence-corrected chi connectivity index (χ2v) is 16.3. The topological polar surface area (TPSA) is 117 Å². The third kappa shape index (κ3) is 46.2. The van der Waals surface area contributed by atoms with Gasteiger partial charge in [-0.05, 0) is 77.0 Å². The van der Waals surface area contributed by atoms with E-state index in [9.17, 15) is 14.3 Å². The van der Waals surface area contributed by atoms with E-state index in [0.717, 1.165) is 64.2 Å². The lowest BCUT2D eigenvalue weighted by atomic mass is 10.0. The second-order valence-electron chi connectivity index (χ2n) is 14.9. The minimum absolute atomic E-state index is 0.0690. The third-order valence-corrected chi connectivity index (χ3v) is 10.2. The van der Waals surface area contributed by atoms with Gasteiger partial charge in [0.1, 0.15) is 6.10 Å². The van der Waals surface area contributed by atoms with E-state index in [1.165, 1.54) is 77.0 Å². The van der Waals surface area contributed by atoms with Crippen molar-refractivity contribution in [3.8, 4) is 0 Å². The Hall–Kier alpha value is -2.84. The summed E-state index contributed by atoms with van der Waals surface area (Å²) < 4.78 is 33.3. The van der Waals surface area contributed by atoms with Gasteiger partial charge >= 0.3 is 13.8 Å². The first-order valence-corrected chi connectivity index (χ1v) is 24.9. The van der Waals surface area contributed by atoms with Crippen molar-refractivity contribution in [1.29, 1.82) is 0 Å². The van der Waals surface area contributed by atoms with Crippen LogP contribution in [0.3, 0.4) is 0 Å². The smallest absolute Gasteiger partial charge is 0.457 e. The van der Waals surface area contributed by atoms with Gasteiger partial charge in [0.15, 0.2) is 0 Å². The zero-order chi connectivity index (χ0) is 43.7. The van der Waals surface area contributed by atoms with Crippen molar-refractivity contribution < 1.29 is 32.8 Å². The molecular formula is C51H86NO7P. The number of rotatable bonds is 43. The minimum atomic E-state index is -4.31. The third-order valence-electron chi connectivity index (χ3n) is 9.22. The van der Waals surface area contributed by atoms with Crippen LogP contribution < -0.4 is 5.73 Å². The molecule has 0 heterocycles. The number of carbonyl (C=O) groups excluding carboxylic acids is 1. The van der Waals surface area contributed by atoms with Gasteiger partial charge in [-0.2, -0.15) is 0 Å². The first-order valence-electron chi connectivity index (χ1n) is 23.4. The SMILES string of the molecule is CC/C=C\C/C=C\C/C=C\C/C=C\C/C=C\CC(=O)OC(COCCCCCCCCCCCCCCC/C=C\C/C=C\C/C=C\C/C=C\CC)COP(=O)(O)OCCN. The Morgan fingerprint density at radius 2 is 0.883 bits per heavy atom. The lowest BCUT2D eigenvalue weighted by Gasteiger charge is -2.19. The summed E-state index contributed by atoms with van der Waals surface area (Å²) in [6.45, 7) is 4.53.